The van der Waals surface area contributed by atoms with Crippen molar-refractivity contribution in [2.24, 2.45) is 0 Å². The molecule has 0 spiro atoms. The molecule has 17 heavy (non-hydrogen) atoms. The van der Waals surface area contributed by atoms with Crippen molar-refractivity contribution in [2.45, 2.75) is 25.1 Å². The first kappa shape index (κ1) is 10.5. The second-order valence-electron chi connectivity index (χ2n) is 4.36. The van der Waals surface area contributed by atoms with E-state index in [1.54, 1.807) is 12.1 Å². The largest absolute Gasteiger partial charge is 0.317 e. The van der Waals surface area contributed by atoms with Gasteiger partial charge in [-0.1, -0.05) is 12.4 Å². The number of rotatable bonds is 2. The summed E-state index contributed by atoms with van der Waals surface area (Å²) in [4.78, 5) is 18.6. The van der Waals surface area contributed by atoms with Crippen LogP contribution in [0.3, 0.4) is 0 Å². The first-order chi connectivity index (χ1) is 8.20. The highest BCUT2D eigenvalue weighted by molar-refractivity contribution is 6.08. The molecule has 3 nitrogen and oxygen atoms in total. The number of hydrogen-bond donors (Lipinski definition) is 1. The average Bonchev–Trinajstić information content (AvgIpc) is 3.14. The second-order valence-corrected chi connectivity index (χ2v) is 4.36. The number of H-pyrrole nitrogens is 1. The molecular formula is C12H10BFN2O. The standard InChI is InChI=1S/C12H10BFN2O/c13-5-7-3-4-8-11(9(7)14)16-12(17)10(15-8)6-1-2-6/h3-4,6H,1-2,5H2,(H,16,17). The molecule has 1 fully saturated rings. The van der Waals surface area contributed by atoms with Crippen LogP contribution in [-0.4, -0.2) is 17.8 Å². The Morgan fingerprint density at radius 1 is 1.47 bits per heavy atom. The van der Waals surface area contributed by atoms with Crippen LogP contribution < -0.4 is 5.56 Å². The lowest BCUT2D eigenvalue weighted by molar-refractivity contribution is 0.625. The van der Waals surface area contributed by atoms with Crippen molar-refractivity contribution in [1.82, 2.24) is 9.97 Å². The van der Waals surface area contributed by atoms with Crippen molar-refractivity contribution in [3.63, 3.8) is 0 Å². The van der Waals surface area contributed by atoms with Gasteiger partial charge in [-0.3, -0.25) is 4.79 Å². The Balaban J connectivity index is 2.29. The van der Waals surface area contributed by atoms with E-state index in [0.717, 1.165) is 12.8 Å². The summed E-state index contributed by atoms with van der Waals surface area (Å²) in [5.41, 5.74) is 1.27. The molecule has 2 radical (unpaired) electrons. The molecule has 5 heteroatoms. The molecule has 1 heterocycles. The predicted octanol–water partition coefficient (Wildman–Crippen LogP) is 1.61. The third kappa shape index (κ3) is 1.66. The Morgan fingerprint density at radius 2 is 2.24 bits per heavy atom. The zero-order chi connectivity index (χ0) is 12.0. The SMILES string of the molecule is [B]Cc1ccc2nc(C3CC3)c(=O)[nH]c2c1F. The first-order valence-corrected chi connectivity index (χ1v) is 5.62. The van der Waals surface area contributed by atoms with Gasteiger partial charge in [0.1, 0.15) is 11.2 Å². The number of fused-ring (bicyclic) bond motifs is 1. The highest BCUT2D eigenvalue weighted by Gasteiger charge is 2.28. The maximum atomic E-state index is 13.9. The van der Waals surface area contributed by atoms with Crippen LogP contribution in [0.15, 0.2) is 16.9 Å². The topological polar surface area (TPSA) is 45.8 Å². The van der Waals surface area contributed by atoms with Crippen LogP contribution in [0.5, 0.6) is 0 Å². The van der Waals surface area contributed by atoms with Crippen LogP contribution in [0.4, 0.5) is 4.39 Å². The van der Waals surface area contributed by atoms with E-state index in [2.05, 4.69) is 9.97 Å². The molecule has 0 amide bonds. The van der Waals surface area contributed by atoms with Gasteiger partial charge in [0.15, 0.2) is 5.82 Å². The van der Waals surface area contributed by atoms with Crippen LogP contribution >= 0.6 is 0 Å². The summed E-state index contributed by atoms with van der Waals surface area (Å²) in [6.45, 7) is 0. The van der Waals surface area contributed by atoms with Crippen molar-refractivity contribution in [2.75, 3.05) is 0 Å². The lowest BCUT2D eigenvalue weighted by Crippen LogP contribution is -2.15. The zero-order valence-corrected chi connectivity index (χ0v) is 9.16. The molecule has 0 saturated heterocycles. The monoisotopic (exact) mass is 228 g/mol. The van der Waals surface area contributed by atoms with E-state index in [9.17, 15) is 9.18 Å². The number of halogens is 1. The van der Waals surface area contributed by atoms with Crippen LogP contribution in [0.25, 0.3) is 11.0 Å². The molecule has 3 rings (SSSR count). The number of benzene rings is 1. The lowest BCUT2D eigenvalue weighted by atomic mass is 9.96. The van der Waals surface area contributed by atoms with E-state index in [0.29, 0.717) is 16.8 Å². The molecule has 1 aliphatic carbocycles. The van der Waals surface area contributed by atoms with E-state index >= 15 is 0 Å². The van der Waals surface area contributed by atoms with Crippen molar-refractivity contribution in [3.05, 3.63) is 39.6 Å². The van der Waals surface area contributed by atoms with Gasteiger partial charge < -0.3 is 4.98 Å². The van der Waals surface area contributed by atoms with Crippen LogP contribution in [0, 0.1) is 5.82 Å². The van der Waals surface area contributed by atoms with Gasteiger partial charge in [-0.05, 0) is 24.5 Å². The van der Waals surface area contributed by atoms with Crippen LogP contribution in [-0.2, 0) is 6.32 Å². The van der Waals surface area contributed by atoms with Crippen LogP contribution in [0.1, 0.15) is 30.0 Å². The predicted molar refractivity (Wildman–Crippen MR) is 63.8 cm³/mol. The highest BCUT2D eigenvalue weighted by atomic mass is 19.1. The van der Waals surface area contributed by atoms with E-state index in [4.69, 9.17) is 7.85 Å². The van der Waals surface area contributed by atoms with Gasteiger partial charge in [0.05, 0.1) is 13.4 Å². The Hall–Kier alpha value is -1.65. The number of aromatic amines is 1. The van der Waals surface area contributed by atoms with Gasteiger partial charge in [0.25, 0.3) is 5.56 Å². The van der Waals surface area contributed by atoms with Gasteiger partial charge in [-0.2, -0.15) is 0 Å². The molecule has 2 aromatic rings. The highest BCUT2D eigenvalue weighted by Crippen LogP contribution is 2.37. The van der Waals surface area contributed by atoms with Crippen molar-refractivity contribution >= 4 is 18.9 Å². The van der Waals surface area contributed by atoms with E-state index in [1.165, 1.54) is 0 Å². The first-order valence-electron chi connectivity index (χ1n) is 5.62. The summed E-state index contributed by atoms with van der Waals surface area (Å²) in [6, 6.07) is 3.31. The van der Waals surface area contributed by atoms with E-state index < -0.39 is 5.82 Å². The zero-order valence-electron chi connectivity index (χ0n) is 9.16. The van der Waals surface area contributed by atoms with Crippen molar-refractivity contribution < 1.29 is 4.39 Å². The average molecular weight is 228 g/mol. The normalized spacial score (nSPS) is 15.4. The van der Waals surface area contributed by atoms with E-state index in [1.807, 2.05) is 0 Å². The molecule has 0 aliphatic heterocycles. The molecule has 0 atom stereocenters. The summed E-state index contributed by atoms with van der Waals surface area (Å²) in [7, 11) is 5.42. The molecule has 1 N–H and O–H groups in total. The number of nitrogens with one attached hydrogen (secondary N) is 1. The fourth-order valence-corrected chi connectivity index (χ4v) is 1.97. The summed E-state index contributed by atoms with van der Waals surface area (Å²) < 4.78 is 13.9. The van der Waals surface area contributed by atoms with Crippen molar-refractivity contribution in [1.29, 1.82) is 0 Å². The Labute approximate surface area is 98.5 Å². The van der Waals surface area contributed by atoms with Gasteiger partial charge in [-0.25, -0.2) is 9.37 Å². The number of hydrogen-bond acceptors (Lipinski definition) is 2. The number of nitrogens with zero attached hydrogens (tertiary/aromatic N) is 1. The van der Waals surface area contributed by atoms with Crippen molar-refractivity contribution in [3.8, 4) is 0 Å². The van der Waals surface area contributed by atoms with Gasteiger partial charge in [-0.15, -0.1) is 0 Å². The molecule has 1 saturated carbocycles. The molecule has 1 aromatic carbocycles. The minimum absolute atomic E-state index is 0.105. The van der Waals surface area contributed by atoms with Crippen LogP contribution in [0.2, 0.25) is 0 Å². The summed E-state index contributed by atoms with van der Waals surface area (Å²) in [5.74, 6) is -0.225. The second kappa shape index (κ2) is 3.69. The van der Waals surface area contributed by atoms with Gasteiger partial charge >= 0.3 is 0 Å². The molecule has 1 aromatic heterocycles. The Kier molecular flexibility index (Phi) is 2.28. The maximum absolute atomic E-state index is 13.9. The van der Waals surface area contributed by atoms with Gasteiger partial charge in [0, 0.05) is 5.92 Å². The smallest absolute Gasteiger partial charge is 0.270 e. The quantitative estimate of drug-likeness (QED) is 0.793. The Bertz CT molecular complexity index is 649. The van der Waals surface area contributed by atoms with E-state index in [-0.39, 0.29) is 23.3 Å². The number of aromatic nitrogens is 2. The molecule has 0 unspecified atom stereocenters. The Morgan fingerprint density at radius 3 is 2.88 bits per heavy atom. The lowest BCUT2D eigenvalue weighted by Gasteiger charge is -2.05. The molecule has 1 aliphatic rings. The molecule has 0 bridgehead atoms. The maximum Gasteiger partial charge on any atom is 0.270 e. The molecular weight excluding hydrogens is 218 g/mol. The third-order valence-corrected chi connectivity index (χ3v) is 3.10. The summed E-state index contributed by atoms with van der Waals surface area (Å²) in [5, 5.41) is 0. The minimum atomic E-state index is -0.475. The summed E-state index contributed by atoms with van der Waals surface area (Å²) in [6.07, 6.45) is 2.09. The molecule has 84 valence electrons. The van der Waals surface area contributed by atoms with Gasteiger partial charge in [0.2, 0.25) is 0 Å². The fourth-order valence-electron chi connectivity index (χ4n) is 1.97. The minimum Gasteiger partial charge on any atom is -0.317 e. The third-order valence-electron chi connectivity index (χ3n) is 3.10. The fraction of sp³-hybridized carbons (Fsp3) is 0.333. The summed E-state index contributed by atoms with van der Waals surface area (Å²) >= 11 is 0.